The van der Waals surface area contributed by atoms with Gasteiger partial charge in [0, 0.05) is 13.2 Å². The average Bonchev–Trinajstić information content (AvgIpc) is 3.13. The van der Waals surface area contributed by atoms with Gasteiger partial charge in [0.15, 0.2) is 0 Å². The fourth-order valence-electron chi connectivity index (χ4n) is 2.69. The number of amides is 1. The summed E-state index contributed by atoms with van der Waals surface area (Å²) in [6.45, 7) is 0.611. The van der Waals surface area contributed by atoms with Gasteiger partial charge in [0.05, 0.1) is 23.1 Å². The van der Waals surface area contributed by atoms with Crippen LogP contribution in [0.5, 0.6) is 0 Å². The van der Waals surface area contributed by atoms with Crippen LogP contribution in [0.15, 0.2) is 29.2 Å². The van der Waals surface area contributed by atoms with Crippen molar-refractivity contribution in [2.45, 2.75) is 43.1 Å². The summed E-state index contributed by atoms with van der Waals surface area (Å²) >= 11 is 0. The number of sulfonamides is 1. The van der Waals surface area contributed by atoms with Crippen molar-refractivity contribution in [1.29, 1.82) is 0 Å². The van der Waals surface area contributed by atoms with E-state index in [0.717, 1.165) is 12.8 Å². The Morgan fingerprint density at radius 1 is 1.15 bits per heavy atom. The Morgan fingerprint density at radius 3 is 2.42 bits per heavy atom. The summed E-state index contributed by atoms with van der Waals surface area (Å²) in [6, 6.07) is 4.76. The molecule has 0 aromatic heterocycles. The Balaban J connectivity index is 1.67. The number of nitrogens with one attached hydrogen (secondary N) is 2. The highest BCUT2D eigenvalue weighted by Gasteiger charge is 2.17. The van der Waals surface area contributed by atoms with Crippen LogP contribution in [0.3, 0.4) is 0 Å². The molecular weight excluding hydrogens is 360 g/mol. The highest BCUT2D eigenvalue weighted by atomic mass is 32.2. The smallest absolute Gasteiger partial charge is 0.335 e. The van der Waals surface area contributed by atoms with Crippen LogP contribution in [0.1, 0.15) is 42.5 Å². The lowest BCUT2D eigenvalue weighted by atomic mass is 10.2. The standard InChI is InChI=1S/C17H24N2O6S/c20-16(18-10-3-11-25-14-4-1-2-5-14)12-19-26(23,24)15-8-6-13(7-9-15)17(21)22/h6-9,14,19H,1-5,10-12H2,(H,18,20)(H,21,22). The van der Waals surface area contributed by atoms with Crippen LogP contribution in [0.2, 0.25) is 0 Å². The van der Waals surface area contributed by atoms with E-state index < -0.39 is 21.9 Å². The van der Waals surface area contributed by atoms with Crippen molar-refractivity contribution in [2.75, 3.05) is 19.7 Å². The highest BCUT2D eigenvalue weighted by Crippen LogP contribution is 2.20. The maximum absolute atomic E-state index is 12.1. The third-order valence-corrected chi connectivity index (χ3v) is 5.55. The van der Waals surface area contributed by atoms with Crippen LogP contribution in [0.25, 0.3) is 0 Å². The Bertz CT molecular complexity index is 711. The molecule has 1 aliphatic carbocycles. The molecule has 1 aromatic rings. The number of aromatic carboxylic acids is 1. The van der Waals surface area contributed by atoms with E-state index in [9.17, 15) is 18.0 Å². The third-order valence-electron chi connectivity index (χ3n) is 4.13. The zero-order valence-electron chi connectivity index (χ0n) is 14.4. The van der Waals surface area contributed by atoms with Crippen molar-refractivity contribution >= 4 is 21.9 Å². The van der Waals surface area contributed by atoms with Crippen LogP contribution in [0.4, 0.5) is 0 Å². The highest BCUT2D eigenvalue weighted by molar-refractivity contribution is 7.89. The van der Waals surface area contributed by atoms with Gasteiger partial charge in [-0.05, 0) is 43.5 Å². The second-order valence-electron chi connectivity index (χ2n) is 6.13. The van der Waals surface area contributed by atoms with Gasteiger partial charge in [0.2, 0.25) is 15.9 Å². The maximum atomic E-state index is 12.1. The molecule has 9 heteroatoms. The van der Waals surface area contributed by atoms with Crippen molar-refractivity contribution in [3.63, 3.8) is 0 Å². The first-order valence-corrected chi connectivity index (χ1v) is 10.1. The number of carboxylic acid groups (broad SMARTS) is 1. The fraction of sp³-hybridized carbons (Fsp3) is 0.529. The molecule has 0 spiro atoms. The zero-order valence-corrected chi connectivity index (χ0v) is 15.3. The Morgan fingerprint density at radius 2 is 1.81 bits per heavy atom. The Kier molecular flexibility index (Phi) is 7.55. The molecule has 1 amide bonds. The molecule has 0 unspecified atom stereocenters. The number of carboxylic acids is 1. The number of ether oxygens (including phenoxy) is 1. The summed E-state index contributed by atoms with van der Waals surface area (Å²) < 4.78 is 32.0. The molecule has 1 aromatic carbocycles. The minimum atomic E-state index is -3.87. The molecule has 144 valence electrons. The van der Waals surface area contributed by atoms with Crippen molar-refractivity contribution in [2.24, 2.45) is 0 Å². The lowest BCUT2D eigenvalue weighted by Crippen LogP contribution is -2.37. The average molecular weight is 384 g/mol. The van der Waals surface area contributed by atoms with E-state index in [-0.39, 0.29) is 17.0 Å². The molecule has 8 nitrogen and oxygen atoms in total. The van der Waals surface area contributed by atoms with E-state index in [1.165, 1.54) is 37.1 Å². The molecule has 0 heterocycles. The quantitative estimate of drug-likeness (QED) is 0.520. The number of hydrogen-bond donors (Lipinski definition) is 3. The number of rotatable bonds is 10. The van der Waals surface area contributed by atoms with Gasteiger partial charge in [0.25, 0.3) is 0 Å². The van der Waals surface area contributed by atoms with Crippen LogP contribution in [-0.2, 0) is 19.6 Å². The minimum absolute atomic E-state index is 0.0125. The van der Waals surface area contributed by atoms with Crippen LogP contribution >= 0.6 is 0 Å². The number of carbonyl (C=O) groups is 2. The van der Waals surface area contributed by atoms with Gasteiger partial charge in [-0.2, -0.15) is 0 Å². The Hall–Kier alpha value is -1.97. The molecule has 1 aliphatic rings. The van der Waals surface area contributed by atoms with Crippen molar-refractivity contribution in [3.05, 3.63) is 29.8 Å². The summed E-state index contributed by atoms with van der Waals surface area (Å²) in [5.41, 5.74) is -0.0125. The fourth-order valence-corrected chi connectivity index (χ4v) is 3.67. The number of carbonyl (C=O) groups excluding carboxylic acids is 1. The maximum Gasteiger partial charge on any atom is 0.335 e. The van der Waals surface area contributed by atoms with Gasteiger partial charge in [-0.3, -0.25) is 4.79 Å². The molecule has 0 aliphatic heterocycles. The van der Waals surface area contributed by atoms with Gasteiger partial charge in [-0.15, -0.1) is 0 Å². The van der Waals surface area contributed by atoms with Crippen molar-refractivity contribution in [1.82, 2.24) is 10.0 Å². The summed E-state index contributed by atoms with van der Waals surface area (Å²) in [7, 11) is -3.87. The largest absolute Gasteiger partial charge is 0.478 e. The van der Waals surface area contributed by atoms with Crippen molar-refractivity contribution < 1.29 is 27.9 Å². The van der Waals surface area contributed by atoms with E-state index in [1.807, 2.05) is 0 Å². The monoisotopic (exact) mass is 384 g/mol. The molecule has 1 fully saturated rings. The second-order valence-corrected chi connectivity index (χ2v) is 7.90. The number of benzene rings is 1. The predicted molar refractivity (Wildman–Crippen MR) is 94.4 cm³/mol. The molecule has 26 heavy (non-hydrogen) atoms. The lowest BCUT2D eigenvalue weighted by molar-refractivity contribution is -0.120. The minimum Gasteiger partial charge on any atom is -0.478 e. The van der Waals surface area contributed by atoms with Gasteiger partial charge in [-0.25, -0.2) is 17.9 Å². The van der Waals surface area contributed by atoms with E-state index in [1.54, 1.807) is 0 Å². The predicted octanol–water partition coefficient (Wildman–Crippen LogP) is 1.13. The van der Waals surface area contributed by atoms with E-state index in [0.29, 0.717) is 25.7 Å². The summed E-state index contributed by atoms with van der Waals surface area (Å²) in [6.07, 6.45) is 5.63. The van der Waals surface area contributed by atoms with E-state index >= 15 is 0 Å². The Labute approximate surface area is 153 Å². The van der Waals surface area contributed by atoms with E-state index in [4.69, 9.17) is 9.84 Å². The first-order valence-electron chi connectivity index (χ1n) is 8.60. The first-order chi connectivity index (χ1) is 12.4. The van der Waals surface area contributed by atoms with Crippen LogP contribution in [-0.4, -0.2) is 51.2 Å². The molecule has 0 radical (unpaired) electrons. The van der Waals surface area contributed by atoms with Gasteiger partial charge in [-0.1, -0.05) is 12.8 Å². The topological polar surface area (TPSA) is 122 Å². The molecule has 0 bridgehead atoms. The van der Waals surface area contributed by atoms with E-state index in [2.05, 4.69) is 10.0 Å². The summed E-state index contributed by atoms with van der Waals surface area (Å²) in [5.74, 6) is -1.57. The number of hydrogen-bond acceptors (Lipinski definition) is 5. The normalized spacial score (nSPS) is 15.1. The summed E-state index contributed by atoms with van der Waals surface area (Å²) in [4.78, 5) is 22.4. The van der Waals surface area contributed by atoms with Gasteiger partial charge in [0.1, 0.15) is 0 Å². The molecule has 0 atom stereocenters. The van der Waals surface area contributed by atoms with Gasteiger partial charge >= 0.3 is 5.97 Å². The van der Waals surface area contributed by atoms with Crippen LogP contribution in [0, 0.1) is 0 Å². The molecular formula is C17H24N2O6S. The van der Waals surface area contributed by atoms with Crippen molar-refractivity contribution in [3.8, 4) is 0 Å². The molecule has 1 saturated carbocycles. The molecule has 3 N–H and O–H groups in total. The molecule has 0 saturated heterocycles. The third kappa shape index (κ3) is 6.40. The second kappa shape index (κ2) is 9.65. The van der Waals surface area contributed by atoms with Gasteiger partial charge < -0.3 is 15.2 Å². The zero-order chi connectivity index (χ0) is 19.0. The van der Waals surface area contributed by atoms with Crippen LogP contribution < -0.4 is 10.0 Å². The lowest BCUT2D eigenvalue weighted by Gasteiger charge is -2.11. The first kappa shape index (κ1) is 20.3. The summed E-state index contributed by atoms with van der Waals surface area (Å²) in [5, 5.41) is 11.4. The SMILES string of the molecule is O=C(CNS(=O)(=O)c1ccc(C(=O)O)cc1)NCCCOC1CCCC1. The molecule has 2 rings (SSSR count).